The number of aromatic amines is 1. The second kappa shape index (κ2) is 5.98. The van der Waals surface area contributed by atoms with Crippen LogP contribution in [0.3, 0.4) is 0 Å². The number of carbonyl (C=O) groups is 2. The Morgan fingerprint density at radius 2 is 2.11 bits per heavy atom. The van der Waals surface area contributed by atoms with Gasteiger partial charge in [0.1, 0.15) is 6.04 Å². The van der Waals surface area contributed by atoms with E-state index in [4.69, 9.17) is 5.11 Å². The van der Waals surface area contributed by atoms with Gasteiger partial charge >= 0.3 is 11.8 Å². The maximum atomic E-state index is 11.7. The summed E-state index contributed by atoms with van der Waals surface area (Å²) < 4.78 is 0. The number of hydrogen-bond donors (Lipinski definition) is 3. The molecule has 19 heavy (non-hydrogen) atoms. The topological polar surface area (TPSA) is 125 Å². The molecule has 0 saturated heterocycles. The molecule has 0 bridgehead atoms. The van der Waals surface area contributed by atoms with Gasteiger partial charge in [0.25, 0.3) is 5.91 Å². The molecule has 8 nitrogen and oxygen atoms in total. The minimum absolute atomic E-state index is 0.0401. The van der Waals surface area contributed by atoms with E-state index in [0.717, 1.165) is 6.07 Å². The molecule has 1 aromatic heterocycles. The van der Waals surface area contributed by atoms with Crippen molar-refractivity contribution < 1.29 is 19.6 Å². The SMILES string of the molecule is CC(C)CC(NC(=O)c1ccc([N+](=O)[O-])[nH]1)C(=O)O. The molecule has 0 radical (unpaired) electrons. The highest BCUT2D eigenvalue weighted by Crippen LogP contribution is 2.11. The molecule has 1 amide bonds. The van der Waals surface area contributed by atoms with Crippen LogP contribution in [-0.4, -0.2) is 32.9 Å². The highest BCUT2D eigenvalue weighted by atomic mass is 16.6. The van der Waals surface area contributed by atoms with E-state index in [1.807, 2.05) is 13.8 Å². The molecule has 1 atom stereocenters. The van der Waals surface area contributed by atoms with Gasteiger partial charge in [-0.15, -0.1) is 0 Å². The summed E-state index contributed by atoms with van der Waals surface area (Å²) in [5.41, 5.74) is -0.0401. The van der Waals surface area contributed by atoms with Crippen LogP contribution in [0, 0.1) is 16.0 Å². The van der Waals surface area contributed by atoms with Crippen molar-refractivity contribution in [1.29, 1.82) is 0 Å². The molecule has 0 fully saturated rings. The summed E-state index contributed by atoms with van der Waals surface area (Å²) in [6.45, 7) is 3.67. The van der Waals surface area contributed by atoms with Gasteiger partial charge in [-0.1, -0.05) is 13.8 Å². The fraction of sp³-hybridized carbons (Fsp3) is 0.455. The predicted molar refractivity (Wildman–Crippen MR) is 65.8 cm³/mol. The standard InChI is InChI=1S/C11H15N3O5/c1-6(2)5-8(11(16)17)13-10(15)7-3-4-9(12-7)14(18)19/h3-4,6,8,12H,5H2,1-2H3,(H,13,15)(H,16,17). The van der Waals surface area contributed by atoms with Crippen LogP contribution < -0.4 is 5.32 Å². The highest BCUT2D eigenvalue weighted by Gasteiger charge is 2.24. The minimum atomic E-state index is -1.14. The summed E-state index contributed by atoms with van der Waals surface area (Å²) in [6.07, 6.45) is 0.282. The third-order valence-electron chi connectivity index (χ3n) is 2.42. The monoisotopic (exact) mass is 269 g/mol. The first-order chi connectivity index (χ1) is 8.81. The number of aliphatic carboxylic acids is 1. The molecular formula is C11H15N3O5. The van der Waals surface area contributed by atoms with E-state index >= 15 is 0 Å². The van der Waals surface area contributed by atoms with Crippen molar-refractivity contribution in [2.75, 3.05) is 0 Å². The molecule has 1 unspecified atom stereocenters. The summed E-state index contributed by atoms with van der Waals surface area (Å²) in [4.78, 5) is 34.8. The number of carbonyl (C=O) groups excluding carboxylic acids is 1. The van der Waals surface area contributed by atoms with Crippen LogP contribution in [0.4, 0.5) is 5.82 Å². The number of aromatic nitrogens is 1. The average Bonchev–Trinajstić information content (AvgIpc) is 2.76. The van der Waals surface area contributed by atoms with Gasteiger partial charge in [-0.25, -0.2) is 9.78 Å². The number of H-pyrrole nitrogens is 1. The van der Waals surface area contributed by atoms with E-state index in [9.17, 15) is 19.7 Å². The smallest absolute Gasteiger partial charge is 0.326 e. The molecule has 8 heteroatoms. The molecule has 0 aromatic carbocycles. The number of nitrogens with zero attached hydrogens (tertiary/aromatic N) is 1. The van der Waals surface area contributed by atoms with Gasteiger partial charge in [0.15, 0.2) is 5.69 Å². The first-order valence-corrected chi connectivity index (χ1v) is 5.68. The summed E-state index contributed by atoms with van der Waals surface area (Å²) in [5.74, 6) is -2.04. The maximum Gasteiger partial charge on any atom is 0.326 e. The van der Waals surface area contributed by atoms with Gasteiger partial charge in [-0.3, -0.25) is 4.79 Å². The lowest BCUT2D eigenvalue weighted by Crippen LogP contribution is -2.41. The molecule has 1 heterocycles. The Labute approximate surface area is 109 Å². The largest absolute Gasteiger partial charge is 0.480 e. The quantitative estimate of drug-likeness (QED) is 0.527. The third kappa shape index (κ3) is 4.09. The summed E-state index contributed by atoms with van der Waals surface area (Å²) in [6, 6.07) is 1.37. The van der Waals surface area contributed by atoms with E-state index in [2.05, 4.69) is 10.3 Å². The molecule has 104 valence electrons. The first kappa shape index (κ1) is 14.7. The Hall–Kier alpha value is -2.38. The van der Waals surface area contributed by atoms with Crippen LogP contribution >= 0.6 is 0 Å². The second-order valence-corrected chi connectivity index (χ2v) is 4.51. The van der Waals surface area contributed by atoms with E-state index in [1.165, 1.54) is 6.07 Å². The van der Waals surface area contributed by atoms with Crippen molar-refractivity contribution in [3.63, 3.8) is 0 Å². The third-order valence-corrected chi connectivity index (χ3v) is 2.42. The van der Waals surface area contributed by atoms with Gasteiger partial charge in [-0.05, 0) is 23.3 Å². The Kier molecular flexibility index (Phi) is 4.62. The van der Waals surface area contributed by atoms with Crippen LogP contribution in [0.15, 0.2) is 12.1 Å². The lowest BCUT2D eigenvalue weighted by atomic mass is 10.0. The van der Waals surface area contributed by atoms with E-state index in [1.54, 1.807) is 0 Å². The fourth-order valence-electron chi connectivity index (χ4n) is 1.55. The number of rotatable bonds is 6. The number of nitro groups is 1. The first-order valence-electron chi connectivity index (χ1n) is 5.68. The van der Waals surface area contributed by atoms with Gasteiger partial charge in [-0.2, -0.15) is 0 Å². The lowest BCUT2D eigenvalue weighted by molar-refractivity contribution is -0.389. The van der Waals surface area contributed by atoms with E-state index in [0.29, 0.717) is 0 Å². The Morgan fingerprint density at radius 1 is 1.47 bits per heavy atom. The van der Waals surface area contributed by atoms with Crippen LogP contribution in [0.1, 0.15) is 30.8 Å². The molecule has 0 aliphatic carbocycles. The summed E-state index contributed by atoms with van der Waals surface area (Å²) >= 11 is 0. The van der Waals surface area contributed by atoms with Crippen molar-refractivity contribution in [3.8, 4) is 0 Å². The summed E-state index contributed by atoms with van der Waals surface area (Å²) in [7, 11) is 0. The predicted octanol–water partition coefficient (Wildman–Crippen LogP) is 1.15. The van der Waals surface area contributed by atoms with Crippen LogP contribution in [-0.2, 0) is 4.79 Å². The van der Waals surface area contributed by atoms with E-state index in [-0.39, 0.29) is 23.9 Å². The van der Waals surface area contributed by atoms with Gasteiger partial charge in [0, 0.05) is 6.07 Å². The van der Waals surface area contributed by atoms with Crippen molar-refractivity contribution in [3.05, 3.63) is 27.9 Å². The fourth-order valence-corrected chi connectivity index (χ4v) is 1.55. The van der Waals surface area contributed by atoms with Gasteiger partial charge in [0.2, 0.25) is 0 Å². The van der Waals surface area contributed by atoms with Crippen molar-refractivity contribution in [2.45, 2.75) is 26.3 Å². The van der Waals surface area contributed by atoms with Crippen LogP contribution in [0.5, 0.6) is 0 Å². The molecule has 0 aliphatic rings. The Morgan fingerprint density at radius 3 is 2.53 bits per heavy atom. The normalized spacial score (nSPS) is 12.2. The molecule has 0 saturated carbocycles. The van der Waals surface area contributed by atoms with Crippen molar-refractivity contribution in [1.82, 2.24) is 10.3 Å². The Bertz CT molecular complexity index is 494. The zero-order valence-electron chi connectivity index (χ0n) is 10.5. The molecule has 1 rings (SSSR count). The average molecular weight is 269 g/mol. The van der Waals surface area contributed by atoms with Crippen LogP contribution in [0.25, 0.3) is 0 Å². The van der Waals surface area contributed by atoms with Gasteiger partial charge < -0.3 is 20.5 Å². The molecule has 1 aromatic rings. The Balaban J connectivity index is 2.75. The zero-order valence-corrected chi connectivity index (χ0v) is 10.5. The number of amides is 1. The van der Waals surface area contributed by atoms with Crippen molar-refractivity contribution >= 4 is 17.7 Å². The molecule has 0 spiro atoms. The number of hydrogen-bond acceptors (Lipinski definition) is 4. The van der Waals surface area contributed by atoms with E-state index < -0.39 is 22.8 Å². The number of carboxylic acid groups (broad SMARTS) is 1. The number of carboxylic acids is 1. The number of nitrogens with one attached hydrogen (secondary N) is 2. The lowest BCUT2D eigenvalue weighted by Gasteiger charge is -2.15. The maximum absolute atomic E-state index is 11.7. The molecule has 3 N–H and O–H groups in total. The molecular weight excluding hydrogens is 254 g/mol. The second-order valence-electron chi connectivity index (χ2n) is 4.51. The summed E-state index contributed by atoms with van der Waals surface area (Å²) in [5, 5.41) is 21.8. The molecule has 0 aliphatic heterocycles. The highest BCUT2D eigenvalue weighted by molar-refractivity contribution is 5.95. The minimum Gasteiger partial charge on any atom is -0.480 e. The van der Waals surface area contributed by atoms with Gasteiger partial charge in [0.05, 0.1) is 0 Å². The van der Waals surface area contributed by atoms with Crippen LogP contribution in [0.2, 0.25) is 0 Å². The zero-order chi connectivity index (χ0) is 14.6. The van der Waals surface area contributed by atoms with Crippen molar-refractivity contribution in [2.24, 2.45) is 5.92 Å².